The van der Waals surface area contributed by atoms with Gasteiger partial charge in [-0.05, 0) is 30.3 Å². The molecule has 0 unspecified atom stereocenters. The molecule has 0 amide bonds. The van der Waals surface area contributed by atoms with Crippen molar-refractivity contribution in [3.05, 3.63) is 57.6 Å². The molecule has 0 saturated heterocycles. The van der Waals surface area contributed by atoms with Gasteiger partial charge in [0.25, 0.3) is 0 Å². The van der Waals surface area contributed by atoms with Gasteiger partial charge >= 0.3 is 0 Å². The Morgan fingerprint density at radius 1 is 0.952 bits per heavy atom. The highest BCUT2D eigenvalue weighted by molar-refractivity contribution is 6.35. The molecule has 0 aromatic heterocycles. The first-order valence-corrected chi connectivity index (χ1v) is 7.30. The monoisotopic (exact) mass is 322 g/mol. The van der Waals surface area contributed by atoms with Crippen LogP contribution in [0.5, 0.6) is 11.5 Å². The van der Waals surface area contributed by atoms with E-state index >= 15 is 0 Å². The average molecular weight is 323 g/mol. The van der Waals surface area contributed by atoms with Gasteiger partial charge in [-0.15, -0.1) is 0 Å². The Bertz CT molecular complexity index is 681. The van der Waals surface area contributed by atoms with E-state index in [0.717, 1.165) is 6.42 Å². The zero-order valence-corrected chi connectivity index (χ0v) is 12.6. The fourth-order valence-corrected chi connectivity index (χ4v) is 2.48. The highest BCUT2D eigenvalue weighted by Gasteiger charge is 2.19. The largest absolute Gasteiger partial charge is 0.490 e. The molecule has 0 fully saturated rings. The van der Waals surface area contributed by atoms with Crippen LogP contribution in [0, 0.1) is 0 Å². The number of carbonyl (C=O) groups excluding carboxylic acids is 1. The van der Waals surface area contributed by atoms with Crippen LogP contribution in [-0.4, -0.2) is 19.0 Å². The van der Waals surface area contributed by atoms with Gasteiger partial charge in [0.2, 0.25) is 0 Å². The lowest BCUT2D eigenvalue weighted by molar-refractivity contribution is 0.103. The second-order valence-electron chi connectivity index (χ2n) is 4.67. The predicted molar refractivity (Wildman–Crippen MR) is 81.9 cm³/mol. The highest BCUT2D eigenvalue weighted by atomic mass is 35.5. The van der Waals surface area contributed by atoms with Gasteiger partial charge < -0.3 is 9.47 Å². The van der Waals surface area contributed by atoms with Crippen molar-refractivity contribution in [2.24, 2.45) is 0 Å². The lowest BCUT2D eigenvalue weighted by atomic mass is 10.0. The van der Waals surface area contributed by atoms with Crippen molar-refractivity contribution in [2.45, 2.75) is 6.42 Å². The summed E-state index contributed by atoms with van der Waals surface area (Å²) in [6, 6.07) is 9.96. The lowest BCUT2D eigenvalue weighted by Crippen LogP contribution is -2.03. The number of hydrogen-bond acceptors (Lipinski definition) is 3. The van der Waals surface area contributed by atoms with Gasteiger partial charge in [-0.25, -0.2) is 0 Å². The molecular formula is C16H12Cl2O3. The van der Waals surface area contributed by atoms with E-state index in [4.69, 9.17) is 32.7 Å². The maximum absolute atomic E-state index is 12.5. The van der Waals surface area contributed by atoms with Gasteiger partial charge in [0, 0.05) is 28.6 Å². The number of benzene rings is 2. The molecule has 0 radical (unpaired) electrons. The molecule has 2 aromatic rings. The fraction of sp³-hybridized carbons (Fsp3) is 0.188. The van der Waals surface area contributed by atoms with Gasteiger partial charge in [0.15, 0.2) is 17.3 Å². The molecule has 0 atom stereocenters. The second-order valence-corrected chi connectivity index (χ2v) is 5.51. The van der Waals surface area contributed by atoms with E-state index in [2.05, 4.69) is 0 Å². The minimum absolute atomic E-state index is 0.174. The molecule has 3 nitrogen and oxygen atoms in total. The maximum Gasteiger partial charge on any atom is 0.194 e. The van der Waals surface area contributed by atoms with Gasteiger partial charge in [0.1, 0.15) is 0 Å². The van der Waals surface area contributed by atoms with Crippen molar-refractivity contribution in [1.29, 1.82) is 0 Å². The van der Waals surface area contributed by atoms with E-state index < -0.39 is 0 Å². The van der Waals surface area contributed by atoms with Crippen LogP contribution in [0.15, 0.2) is 36.4 Å². The van der Waals surface area contributed by atoms with Crippen LogP contribution in [-0.2, 0) is 0 Å². The number of hydrogen-bond donors (Lipinski definition) is 0. The smallest absolute Gasteiger partial charge is 0.194 e. The predicted octanol–water partition coefficient (Wildman–Crippen LogP) is 4.39. The summed E-state index contributed by atoms with van der Waals surface area (Å²) in [5.74, 6) is 0.951. The highest BCUT2D eigenvalue weighted by Crippen LogP contribution is 2.36. The third-order valence-electron chi connectivity index (χ3n) is 3.19. The van der Waals surface area contributed by atoms with Crippen LogP contribution in [0.1, 0.15) is 22.3 Å². The van der Waals surface area contributed by atoms with Gasteiger partial charge in [-0.1, -0.05) is 23.2 Å². The standard InChI is InChI=1S/C16H12Cl2O3/c17-11-4-2-10(3-5-11)16(19)12-8-14-15(9-13(12)18)21-7-1-6-20-14/h2-5,8-9H,1,6-7H2. The number of ketones is 1. The third kappa shape index (κ3) is 2.99. The second kappa shape index (κ2) is 5.96. The third-order valence-corrected chi connectivity index (χ3v) is 3.75. The molecular weight excluding hydrogens is 311 g/mol. The van der Waals surface area contributed by atoms with Crippen LogP contribution < -0.4 is 9.47 Å². The molecule has 3 rings (SSSR count). The minimum Gasteiger partial charge on any atom is -0.490 e. The molecule has 0 spiro atoms. The summed E-state index contributed by atoms with van der Waals surface area (Å²) in [7, 11) is 0. The Kier molecular flexibility index (Phi) is 4.04. The SMILES string of the molecule is O=C(c1ccc(Cl)cc1)c1cc2c(cc1Cl)OCCCO2. The number of ether oxygens (including phenoxy) is 2. The van der Waals surface area contributed by atoms with Gasteiger partial charge in [0.05, 0.1) is 18.2 Å². The van der Waals surface area contributed by atoms with Gasteiger partial charge in [-0.3, -0.25) is 4.79 Å². The topological polar surface area (TPSA) is 35.5 Å². The van der Waals surface area contributed by atoms with Crippen molar-refractivity contribution < 1.29 is 14.3 Å². The first-order valence-electron chi connectivity index (χ1n) is 6.54. The molecule has 1 aliphatic rings. The van der Waals surface area contributed by atoms with Crippen molar-refractivity contribution in [1.82, 2.24) is 0 Å². The Balaban J connectivity index is 2.00. The van der Waals surface area contributed by atoms with Crippen molar-refractivity contribution in [3.63, 3.8) is 0 Å². The summed E-state index contributed by atoms with van der Waals surface area (Å²) >= 11 is 12.0. The average Bonchev–Trinajstić information content (AvgIpc) is 2.71. The summed E-state index contributed by atoms with van der Waals surface area (Å²) in [5.41, 5.74) is 0.916. The van der Waals surface area contributed by atoms with Crippen LogP contribution in [0.25, 0.3) is 0 Å². The molecule has 2 aromatic carbocycles. The summed E-state index contributed by atoms with van der Waals surface area (Å²) in [4.78, 5) is 12.5. The van der Waals surface area contributed by atoms with E-state index in [1.807, 2.05) is 0 Å². The van der Waals surface area contributed by atoms with E-state index in [0.29, 0.717) is 45.9 Å². The van der Waals surface area contributed by atoms with Crippen molar-refractivity contribution in [2.75, 3.05) is 13.2 Å². The first-order chi connectivity index (χ1) is 10.1. The summed E-state index contributed by atoms with van der Waals surface area (Å²) in [6.45, 7) is 1.14. The molecule has 1 aliphatic heterocycles. The quantitative estimate of drug-likeness (QED) is 0.769. The number of carbonyl (C=O) groups is 1. The van der Waals surface area contributed by atoms with E-state index in [1.165, 1.54) is 0 Å². The molecule has 0 N–H and O–H groups in total. The van der Waals surface area contributed by atoms with E-state index in [9.17, 15) is 4.79 Å². The van der Waals surface area contributed by atoms with Crippen LogP contribution in [0.4, 0.5) is 0 Å². The molecule has 108 valence electrons. The summed E-state index contributed by atoms with van der Waals surface area (Å²) in [6.07, 6.45) is 0.798. The number of halogens is 2. The lowest BCUT2D eigenvalue weighted by Gasteiger charge is -2.11. The molecule has 21 heavy (non-hydrogen) atoms. The van der Waals surface area contributed by atoms with E-state index in [-0.39, 0.29) is 5.78 Å². The van der Waals surface area contributed by atoms with Crippen LogP contribution in [0.3, 0.4) is 0 Å². The van der Waals surface area contributed by atoms with E-state index in [1.54, 1.807) is 36.4 Å². The first kappa shape index (κ1) is 14.2. The zero-order chi connectivity index (χ0) is 14.8. The fourth-order valence-electron chi connectivity index (χ4n) is 2.11. The van der Waals surface area contributed by atoms with Crippen molar-refractivity contribution >= 4 is 29.0 Å². The number of fused-ring (bicyclic) bond motifs is 1. The normalized spacial score (nSPS) is 13.6. The Labute approximate surface area is 132 Å². The van der Waals surface area contributed by atoms with Crippen molar-refractivity contribution in [3.8, 4) is 11.5 Å². The van der Waals surface area contributed by atoms with Crippen LogP contribution in [0.2, 0.25) is 10.0 Å². The zero-order valence-electron chi connectivity index (χ0n) is 11.1. The van der Waals surface area contributed by atoms with Crippen LogP contribution >= 0.6 is 23.2 Å². The van der Waals surface area contributed by atoms with Gasteiger partial charge in [-0.2, -0.15) is 0 Å². The minimum atomic E-state index is -0.174. The summed E-state index contributed by atoms with van der Waals surface area (Å²) < 4.78 is 11.1. The maximum atomic E-state index is 12.5. The summed E-state index contributed by atoms with van der Waals surface area (Å²) in [5, 5.41) is 0.926. The molecule has 5 heteroatoms. The Hall–Kier alpha value is -1.71. The number of rotatable bonds is 2. The molecule has 0 bridgehead atoms. The molecule has 0 aliphatic carbocycles. The Morgan fingerprint density at radius 3 is 2.24 bits per heavy atom. The molecule has 0 saturated carbocycles. The Morgan fingerprint density at radius 2 is 1.57 bits per heavy atom. The molecule has 1 heterocycles.